The summed E-state index contributed by atoms with van der Waals surface area (Å²) in [6, 6.07) is 4.27. The Kier molecular flexibility index (Phi) is 3.67. The van der Waals surface area contributed by atoms with Crippen LogP contribution in [0.5, 0.6) is 0 Å². The van der Waals surface area contributed by atoms with Crippen molar-refractivity contribution < 1.29 is 4.79 Å². The monoisotopic (exact) mass is 359 g/mol. The van der Waals surface area contributed by atoms with E-state index < -0.39 is 0 Å². The molecule has 0 bridgehead atoms. The predicted octanol–water partition coefficient (Wildman–Crippen LogP) is 5.77. The molecule has 0 radical (unpaired) electrons. The Labute approximate surface area is 162 Å². The van der Waals surface area contributed by atoms with Gasteiger partial charge in [0.1, 0.15) is 0 Å². The highest BCUT2D eigenvalue weighted by atomic mass is 16.1. The average Bonchev–Trinajstić information content (AvgIpc) is 3.01. The van der Waals surface area contributed by atoms with E-state index in [9.17, 15) is 4.79 Å². The summed E-state index contributed by atoms with van der Waals surface area (Å²) in [6.45, 7) is 9.34. The van der Waals surface area contributed by atoms with E-state index in [1.165, 1.54) is 41.5 Å². The maximum atomic E-state index is 12.1. The molecule has 0 saturated heterocycles. The summed E-state index contributed by atoms with van der Waals surface area (Å²) in [5, 5.41) is 0. The lowest BCUT2D eigenvalue weighted by Gasteiger charge is -2.58. The number of carbonyl (C=O) groups is 1. The van der Waals surface area contributed by atoms with Gasteiger partial charge in [-0.1, -0.05) is 38.1 Å². The van der Waals surface area contributed by atoms with Gasteiger partial charge in [0.05, 0.1) is 0 Å². The SMILES string of the molecule is C=C1CC2C(CC[C@]3(C)C(c4cccnc4)=CCC23)[C@@]2(C)CCC(=O)C=C12. The lowest BCUT2D eigenvalue weighted by atomic mass is 9.46. The molecule has 0 aromatic carbocycles. The standard InChI is InChI=1S/C25H29NO/c1-16-13-19-21-7-6-20(17-5-4-12-26-15-17)24(21,2)11-9-22(19)25(3)10-8-18(27)14-23(16)25/h4-6,12,14-15,19,21-22H,1,7-11,13H2,2-3H3/t19?,21?,22?,24-,25-/m1/s1. The number of pyridine rings is 1. The van der Waals surface area contributed by atoms with Crippen molar-refractivity contribution in [1.29, 1.82) is 0 Å². The van der Waals surface area contributed by atoms with Crippen LogP contribution >= 0.6 is 0 Å². The summed E-state index contributed by atoms with van der Waals surface area (Å²) in [6.07, 6.45) is 14.8. The van der Waals surface area contributed by atoms with E-state index in [1.807, 2.05) is 18.5 Å². The molecule has 2 heteroatoms. The Balaban J connectivity index is 1.52. The number of rotatable bonds is 1. The smallest absolute Gasteiger partial charge is 0.156 e. The van der Waals surface area contributed by atoms with Crippen LogP contribution in [0.15, 0.2) is 54.4 Å². The molecule has 1 aromatic rings. The first-order valence-electron chi connectivity index (χ1n) is 10.5. The highest BCUT2D eigenvalue weighted by Gasteiger charge is 2.57. The second-order valence-corrected chi connectivity index (χ2v) is 9.68. The second kappa shape index (κ2) is 5.77. The molecule has 1 aromatic heterocycles. The topological polar surface area (TPSA) is 30.0 Å². The summed E-state index contributed by atoms with van der Waals surface area (Å²) in [5.74, 6) is 2.34. The molecule has 4 aliphatic carbocycles. The molecule has 5 atom stereocenters. The van der Waals surface area contributed by atoms with Crippen molar-refractivity contribution in [2.24, 2.45) is 28.6 Å². The third kappa shape index (κ3) is 2.31. The predicted molar refractivity (Wildman–Crippen MR) is 109 cm³/mol. The molecule has 3 unspecified atom stereocenters. The van der Waals surface area contributed by atoms with Crippen LogP contribution in [0.1, 0.15) is 57.9 Å². The Bertz CT molecular complexity index is 879. The largest absolute Gasteiger partial charge is 0.295 e. The zero-order valence-electron chi connectivity index (χ0n) is 16.5. The third-order valence-corrected chi connectivity index (χ3v) is 8.48. The van der Waals surface area contributed by atoms with E-state index in [0.717, 1.165) is 12.8 Å². The maximum Gasteiger partial charge on any atom is 0.156 e. The van der Waals surface area contributed by atoms with Crippen LogP contribution in [0.2, 0.25) is 0 Å². The van der Waals surface area contributed by atoms with Gasteiger partial charge in [0.15, 0.2) is 5.78 Å². The van der Waals surface area contributed by atoms with Crippen molar-refractivity contribution in [3.8, 4) is 0 Å². The van der Waals surface area contributed by atoms with Crippen LogP contribution in [0.25, 0.3) is 5.57 Å². The van der Waals surface area contributed by atoms with Gasteiger partial charge in [0.25, 0.3) is 0 Å². The molecule has 2 nitrogen and oxygen atoms in total. The van der Waals surface area contributed by atoms with Gasteiger partial charge in [-0.15, -0.1) is 0 Å². The van der Waals surface area contributed by atoms with E-state index in [1.54, 1.807) is 0 Å². The van der Waals surface area contributed by atoms with Gasteiger partial charge in [-0.25, -0.2) is 0 Å². The molecular weight excluding hydrogens is 330 g/mol. The fourth-order valence-electron chi connectivity index (χ4n) is 7.10. The first kappa shape index (κ1) is 17.2. The number of fused-ring (bicyclic) bond motifs is 5. The van der Waals surface area contributed by atoms with Gasteiger partial charge in [-0.2, -0.15) is 0 Å². The molecule has 0 aliphatic heterocycles. The fraction of sp³-hybridized carbons (Fsp3) is 0.520. The van der Waals surface area contributed by atoms with Gasteiger partial charge in [0, 0.05) is 18.8 Å². The lowest BCUT2D eigenvalue weighted by molar-refractivity contribution is -0.116. The van der Waals surface area contributed by atoms with Crippen LogP contribution in [0.3, 0.4) is 0 Å². The lowest BCUT2D eigenvalue weighted by Crippen LogP contribution is -2.50. The zero-order chi connectivity index (χ0) is 18.8. The highest BCUT2D eigenvalue weighted by molar-refractivity contribution is 5.92. The Morgan fingerprint density at radius 1 is 1.15 bits per heavy atom. The first-order valence-corrected chi connectivity index (χ1v) is 10.5. The van der Waals surface area contributed by atoms with Crippen LogP contribution in [-0.4, -0.2) is 10.8 Å². The highest BCUT2D eigenvalue weighted by Crippen LogP contribution is 2.67. The zero-order valence-corrected chi connectivity index (χ0v) is 16.5. The van der Waals surface area contributed by atoms with E-state index in [-0.39, 0.29) is 10.8 Å². The third-order valence-electron chi connectivity index (χ3n) is 8.48. The van der Waals surface area contributed by atoms with Gasteiger partial charge < -0.3 is 0 Å². The number of nitrogens with zero attached hydrogens (tertiary/aromatic N) is 1. The number of hydrogen-bond acceptors (Lipinski definition) is 2. The molecule has 0 amide bonds. The molecule has 140 valence electrons. The normalized spacial score (nSPS) is 40.6. The van der Waals surface area contributed by atoms with Crippen molar-refractivity contribution in [3.05, 3.63) is 60.0 Å². The van der Waals surface area contributed by atoms with Crippen LogP contribution in [-0.2, 0) is 4.79 Å². The van der Waals surface area contributed by atoms with Gasteiger partial charge in [-0.05, 0) is 89.5 Å². The number of allylic oxidation sites excluding steroid dienone is 5. The minimum Gasteiger partial charge on any atom is -0.295 e. The molecule has 0 N–H and O–H groups in total. The maximum absolute atomic E-state index is 12.1. The summed E-state index contributed by atoms with van der Waals surface area (Å²) in [4.78, 5) is 16.4. The van der Waals surface area contributed by atoms with Crippen LogP contribution < -0.4 is 0 Å². The molecule has 5 rings (SSSR count). The number of hydrogen-bond donors (Lipinski definition) is 0. The summed E-state index contributed by atoms with van der Waals surface area (Å²) >= 11 is 0. The van der Waals surface area contributed by atoms with Crippen molar-refractivity contribution in [3.63, 3.8) is 0 Å². The summed E-state index contributed by atoms with van der Waals surface area (Å²) in [5.41, 5.74) is 5.70. The van der Waals surface area contributed by atoms with Gasteiger partial charge >= 0.3 is 0 Å². The number of ketones is 1. The molecule has 2 fully saturated rings. The van der Waals surface area contributed by atoms with Crippen molar-refractivity contribution in [2.75, 3.05) is 0 Å². The van der Waals surface area contributed by atoms with E-state index in [0.29, 0.717) is 30.0 Å². The minimum absolute atomic E-state index is 0.145. The van der Waals surface area contributed by atoms with Crippen molar-refractivity contribution >= 4 is 11.4 Å². The minimum atomic E-state index is 0.145. The van der Waals surface area contributed by atoms with Crippen molar-refractivity contribution in [1.82, 2.24) is 4.98 Å². The Hall–Kier alpha value is -1.96. The van der Waals surface area contributed by atoms with Gasteiger partial charge in [-0.3, -0.25) is 9.78 Å². The Morgan fingerprint density at radius 2 is 1.96 bits per heavy atom. The summed E-state index contributed by atoms with van der Waals surface area (Å²) < 4.78 is 0. The fourth-order valence-corrected chi connectivity index (χ4v) is 7.10. The molecule has 1 heterocycles. The molecule has 27 heavy (non-hydrogen) atoms. The van der Waals surface area contributed by atoms with Gasteiger partial charge in [0.2, 0.25) is 0 Å². The number of carbonyl (C=O) groups excluding carboxylic acids is 1. The van der Waals surface area contributed by atoms with Crippen molar-refractivity contribution in [2.45, 2.75) is 52.4 Å². The number of aromatic nitrogens is 1. The van der Waals surface area contributed by atoms with E-state index >= 15 is 0 Å². The quantitative estimate of drug-likeness (QED) is 0.637. The first-order chi connectivity index (χ1) is 12.9. The molecule has 4 aliphatic rings. The summed E-state index contributed by atoms with van der Waals surface area (Å²) in [7, 11) is 0. The molecule has 0 spiro atoms. The Morgan fingerprint density at radius 3 is 2.74 bits per heavy atom. The van der Waals surface area contributed by atoms with E-state index in [2.05, 4.69) is 43.6 Å². The van der Waals surface area contributed by atoms with E-state index in [4.69, 9.17) is 0 Å². The average molecular weight is 360 g/mol. The van der Waals surface area contributed by atoms with Crippen LogP contribution in [0.4, 0.5) is 0 Å². The molecular formula is C25H29NO. The van der Waals surface area contributed by atoms with Crippen LogP contribution in [0, 0.1) is 28.6 Å². The molecule has 2 saturated carbocycles. The second-order valence-electron chi connectivity index (χ2n) is 9.68.